The Balaban J connectivity index is 2.54. The van der Waals surface area contributed by atoms with Gasteiger partial charge in [0.25, 0.3) is 0 Å². The Morgan fingerprint density at radius 3 is 1.62 bits per heavy atom. The second-order valence-electron chi connectivity index (χ2n) is 12.8. The molecule has 4 nitrogen and oxygen atoms in total. The van der Waals surface area contributed by atoms with Crippen molar-refractivity contribution >= 4 is 0 Å². The molecule has 0 atom stereocenters. The van der Waals surface area contributed by atoms with Gasteiger partial charge in [0.1, 0.15) is 11.5 Å². The molecule has 0 fully saturated rings. The molecule has 0 heterocycles. The smallest absolute Gasteiger partial charge is 0.123 e. The first kappa shape index (κ1) is 28.2. The van der Waals surface area contributed by atoms with Gasteiger partial charge in [-0.3, -0.25) is 4.90 Å². The Morgan fingerprint density at radius 2 is 1.18 bits per heavy atom. The summed E-state index contributed by atoms with van der Waals surface area (Å²) in [5.41, 5.74) is 5.74. The van der Waals surface area contributed by atoms with Crippen molar-refractivity contribution in [2.45, 2.75) is 98.6 Å². The van der Waals surface area contributed by atoms with Crippen molar-refractivity contribution in [2.75, 3.05) is 20.3 Å². The Morgan fingerprint density at radius 1 is 0.706 bits per heavy atom. The van der Waals surface area contributed by atoms with Gasteiger partial charge in [-0.15, -0.1) is 0 Å². The number of phenols is 2. The molecule has 0 aliphatic rings. The predicted octanol–water partition coefficient (Wildman–Crippen LogP) is 6.95. The highest BCUT2D eigenvalue weighted by atomic mass is 16.5. The molecule has 0 saturated heterocycles. The summed E-state index contributed by atoms with van der Waals surface area (Å²) in [5.74, 6) is 0.732. The van der Waals surface area contributed by atoms with Crippen LogP contribution in [0.2, 0.25) is 0 Å². The summed E-state index contributed by atoms with van der Waals surface area (Å²) in [6, 6.07) is 8.43. The second-order valence-corrected chi connectivity index (χ2v) is 12.8. The molecule has 0 radical (unpaired) electrons. The van der Waals surface area contributed by atoms with Gasteiger partial charge in [-0.2, -0.15) is 0 Å². The summed E-state index contributed by atoms with van der Waals surface area (Å²) in [6.07, 6.45) is 0. The van der Waals surface area contributed by atoms with Crippen molar-refractivity contribution in [1.82, 2.24) is 4.90 Å². The molecule has 0 aromatic heterocycles. The molecule has 0 aliphatic heterocycles. The quantitative estimate of drug-likeness (QED) is 0.461. The van der Waals surface area contributed by atoms with Crippen LogP contribution in [0.1, 0.15) is 95.7 Å². The highest BCUT2D eigenvalue weighted by Gasteiger charge is 2.26. The van der Waals surface area contributed by atoms with Crippen molar-refractivity contribution in [3.63, 3.8) is 0 Å². The lowest BCUT2D eigenvalue weighted by Crippen LogP contribution is -2.28. The zero-order valence-electron chi connectivity index (χ0n) is 23.4. The van der Waals surface area contributed by atoms with Gasteiger partial charge in [0.15, 0.2) is 0 Å². The number of nitrogens with zero attached hydrogens (tertiary/aromatic N) is 1. The number of rotatable bonds is 7. The Labute approximate surface area is 208 Å². The standard InChI is InChI=1S/C30H47NO3/c1-20-14-21(26(32)24(15-20)29(5,6)7)18-31(12-13-34-11)19-22-16-23(28(2,3)4)17-25(27(22)33)30(8,9)10/h14-17,32-33H,12-13,18-19H2,1-11H3. The van der Waals surface area contributed by atoms with Crippen LogP contribution in [0.5, 0.6) is 11.5 Å². The molecule has 2 aromatic rings. The molecular formula is C30H47NO3. The number of hydrogen-bond donors (Lipinski definition) is 2. The third kappa shape index (κ3) is 6.99. The summed E-state index contributed by atoms with van der Waals surface area (Å²) in [4.78, 5) is 2.25. The topological polar surface area (TPSA) is 52.9 Å². The van der Waals surface area contributed by atoms with Crippen LogP contribution < -0.4 is 0 Å². The van der Waals surface area contributed by atoms with Gasteiger partial charge in [0.05, 0.1) is 6.61 Å². The highest BCUT2D eigenvalue weighted by molar-refractivity contribution is 5.49. The van der Waals surface area contributed by atoms with Crippen molar-refractivity contribution in [2.24, 2.45) is 0 Å². The van der Waals surface area contributed by atoms with Crippen LogP contribution in [-0.2, 0) is 34.1 Å². The third-order valence-electron chi connectivity index (χ3n) is 6.40. The van der Waals surface area contributed by atoms with Crippen molar-refractivity contribution < 1.29 is 14.9 Å². The number of hydrogen-bond acceptors (Lipinski definition) is 4. The largest absolute Gasteiger partial charge is 0.507 e. The first-order chi connectivity index (χ1) is 15.4. The van der Waals surface area contributed by atoms with E-state index in [2.05, 4.69) is 98.4 Å². The Hall–Kier alpha value is -2.04. The van der Waals surface area contributed by atoms with Crippen molar-refractivity contribution in [3.8, 4) is 11.5 Å². The molecule has 2 N–H and O–H groups in total. The van der Waals surface area contributed by atoms with Gasteiger partial charge in [-0.1, -0.05) is 92.1 Å². The van der Waals surface area contributed by atoms with E-state index in [1.807, 2.05) is 0 Å². The predicted molar refractivity (Wildman–Crippen MR) is 143 cm³/mol. The van der Waals surface area contributed by atoms with Gasteiger partial charge >= 0.3 is 0 Å². The van der Waals surface area contributed by atoms with E-state index in [1.165, 1.54) is 5.56 Å². The molecule has 190 valence electrons. The van der Waals surface area contributed by atoms with Crippen LogP contribution in [0.25, 0.3) is 0 Å². The summed E-state index contributed by atoms with van der Waals surface area (Å²) < 4.78 is 5.40. The van der Waals surface area contributed by atoms with Gasteiger partial charge < -0.3 is 14.9 Å². The van der Waals surface area contributed by atoms with E-state index >= 15 is 0 Å². The molecule has 0 unspecified atom stereocenters. The fourth-order valence-corrected chi connectivity index (χ4v) is 4.28. The minimum absolute atomic E-state index is 0.0315. The molecule has 0 saturated carbocycles. The summed E-state index contributed by atoms with van der Waals surface area (Å²) in [6.45, 7) is 23.9. The number of ether oxygens (including phenoxy) is 1. The lowest BCUT2D eigenvalue weighted by molar-refractivity contribution is 0.138. The molecule has 2 rings (SSSR count). The molecule has 0 amide bonds. The van der Waals surface area contributed by atoms with Crippen molar-refractivity contribution in [1.29, 1.82) is 0 Å². The number of aromatic hydroxyl groups is 2. The van der Waals surface area contributed by atoms with E-state index in [0.29, 0.717) is 37.7 Å². The Kier molecular flexibility index (Phi) is 8.54. The van der Waals surface area contributed by atoms with E-state index < -0.39 is 0 Å². The lowest BCUT2D eigenvalue weighted by atomic mass is 9.79. The third-order valence-corrected chi connectivity index (χ3v) is 6.40. The van der Waals surface area contributed by atoms with Crippen molar-refractivity contribution in [3.05, 3.63) is 57.6 Å². The number of aryl methyl sites for hydroxylation is 1. The van der Waals surface area contributed by atoms with E-state index in [4.69, 9.17) is 4.74 Å². The van der Waals surface area contributed by atoms with Crippen LogP contribution in [0.15, 0.2) is 24.3 Å². The monoisotopic (exact) mass is 469 g/mol. The zero-order chi connectivity index (χ0) is 26.1. The number of phenolic OH excluding ortho intramolecular Hbond substituents is 2. The van der Waals surface area contributed by atoms with Crippen LogP contribution in [0.4, 0.5) is 0 Å². The van der Waals surface area contributed by atoms with E-state index in [0.717, 1.165) is 27.8 Å². The van der Waals surface area contributed by atoms with Crippen LogP contribution in [0.3, 0.4) is 0 Å². The summed E-state index contributed by atoms with van der Waals surface area (Å²) in [5, 5.41) is 22.4. The fraction of sp³-hybridized carbons (Fsp3) is 0.600. The molecule has 2 aromatic carbocycles. The van der Waals surface area contributed by atoms with E-state index in [-0.39, 0.29) is 16.2 Å². The van der Waals surface area contributed by atoms with Crippen LogP contribution in [-0.4, -0.2) is 35.4 Å². The van der Waals surface area contributed by atoms with E-state index in [1.54, 1.807) is 7.11 Å². The van der Waals surface area contributed by atoms with Gasteiger partial charge in [-0.25, -0.2) is 0 Å². The first-order valence-corrected chi connectivity index (χ1v) is 12.4. The molecule has 4 heteroatoms. The molecule has 0 bridgehead atoms. The maximum atomic E-state index is 11.3. The summed E-state index contributed by atoms with van der Waals surface area (Å²) in [7, 11) is 1.70. The molecule has 0 aliphatic carbocycles. The average molecular weight is 470 g/mol. The average Bonchev–Trinajstić information content (AvgIpc) is 2.67. The number of benzene rings is 2. The van der Waals surface area contributed by atoms with Crippen LogP contribution in [0, 0.1) is 6.92 Å². The van der Waals surface area contributed by atoms with Gasteiger partial charge in [0.2, 0.25) is 0 Å². The minimum Gasteiger partial charge on any atom is -0.507 e. The van der Waals surface area contributed by atoms with Gasteiger partial charge in [0, 0.05) is 37.9 Å². The van der Waals surface area contributed by atoms with Crippen LogP contribution >= 0.6 is 0 Å². The van der Waals surface area contributed by atoms with Gasteiger partial charge in [-0.05, 0) is 39.9 Å². The lowest BCUT2D eigenvalue weighted by Gasteiger charge is -2.30. The molecular weight excluding hydrogens is 422 g/mol. The maximum absolute atomic E-state index is 11.3. The minimum atomic E-state index is -0.173. The highest BCUT2D eigenvalue weighted by Crippen LogP contribution is 2.39. The normalized spacial score (nSPS) is 13.1. The number of methoxy groups -OCH3 is 1. The molecule has 34 heavy (non-hydrogen) atoms. The fourth-order valence-electron chi connectivity index (χ4n) is 4.28. The van der Waals surface area contributed by atoms with E-state index in [9.17, 15) is 10.2 Å². The summed E-state index contributed by atoms with van der Waals surface area (Å²) >= 11 is 0. The first-order valence-electron chi connectivity index (χ1n) is 12.4. The molecule has 0 spiro atoms. The Bertz CT molecular complexity index is 988. The zero-order valence-corrected chi connectivity index (χ0v) is 23.4. The maximum Gasteiger partial charge on any atom is 0.123 e. The second kappa shape index (κ2) is 10.3. The SMILES string of the molecule is COCCN(Cc1cc(C)cc(C(C)(C)C)c1O)Cc1cc(C(C)(C)C)cc(C(C)(C)C)c1O.